The molecule has 1 unspecified atom stereocenters. The molecule has 0 spiro atoms. The third kappa shape index (κ3) is 3.61. The summed E-state index contributed by atoms with van der Waals surface area (Å²) in [6.45, 7) is 0. The summed E-state index contributed by atoms with van der Waals surface area (Å²) in [5.41, 5.74) is 2.14. The number of rotatable bonds is 5. The molecule has 26 heavy (non-hydrogen) atoms. The molecule has 1 atom stereocenters. The largest absolute Gasteiger partial charge is 0.388 e. The smallest absolute Gasteiger partial charge is 0.0865 e. The molecule has 1 N–H and O–H groups in total. The molecule has 3 aromatic rings. The van der Waals surface area contributed by atoms with E-state index in [9.17, 15) is 5.11 Å². The van der Waals surface area contributed by atoms with Gasteiger partial charge in [0.25, 0.3) is 0 Å². The monoisotopic (exact) mass is 355 g/mol. The second kappa shape index (κ2) is 8.16. The van der Waals surface area contributed by atoms with Crippen LogP contribution < -0.4 is 10.6 Å². The minimum atomic E-state index is -0.713. The maximum atomic E-state index is 11.0. The molecule has 1 aliphatic rings. The molecular weight excluding hydrogens is 335 g/mol. The molecule has 2 heteroatoms. The van der Waals surface area contributed by atoms with Crippen molar-refractivity contribution in [3.05, 3.63) is 127 Å². The van der Waals surface area contributed by atoms with Gasteiger partial charge in [-0.2, -0.15) is 0 Å². The Labute approximate surface area is 157 Å². The number of aliphatic hydroxyl groups is 1. The highest BCUT2D eigenvalue weighted by atomic mass is 31.1. The Morgan fingerprint density at radius 2 is 1.12 bits per heavy atom. The second-order valence-electron chi connectivity index (χ2n) is 6.19. The summed E-state index contributed by atoms with van der Waals surface area (Å²) in [6, 6.07) is 31.1. The summed E-state index contributed by atoms with van der Waals surface area (Å²) < 4.78 is 0. The van der Waals surface area contributed by atoms with E-state index in [0.29, 0.717) is 0 Å². The van der Waals surface area contributed by atoms with Crippen LogP contribution in [0.4, 0.5) is 0 Å². The Morgan fingerprint density at radius 3 is 1.65 bits per heavy atom. The van der Waals surface area contributed by atoms with Crippen LogP contribution in [-0.4, -0.2) is 5.11 Å². The molecular formula is C24H20OP. The first kappa shape index (κ1) is 17.5. The molecule has 0 bridgehead atoms. The highest BCUT2D eigenvalue weighted by molar-refractivity contribution is 7.76. The van der Waals surface area contributed by atoms with Gasteiger partial charge in [-0.15, -0.1) is 0 Å². The molecule has 3 aromatic carbocycles. The van der Waals surface area contributed by atoms with Crippen LogP contribution in [0, 0.1) is 30.8 Å². The van der Waals surface area contributed by atoms with E-state index in [1.807, 2.05) is 48.9 Å². The molecule has 5 radical (unpaired) electrons. The lowest BCUT2D eigenvalue weighted by Crippen LogP contribution is -2.22. The zero-order valence-corrected chi connectivity index (χ0v) is 15.3. The van der Waals surface area contributed by atoms with E-state index >= 15 is 0 Å². The van der Waals surface area contributed by atoms with Gasteiger partial charge >= 0.3 is 0 Å². The van der Waals surface area contributed by atoms with Crippen molar-refractivity contribution >= 4 is 18.5 Å². The maximum absolute atomic E-state index is 11.0. The van der Waals surface area contributed by atoms with Crippen LogP contribution in [0.2, 0.25) is 0 Å². The van der Waals surface area contributed by atoms with Crippen LogP contribution in [0.5, 0.6) is 0 Å². The van der Waals surface area contributed by atoms with Gasteiger partial charge in [0, 0.05) is 11.6 Å². The normalized spacial score (nSPS) is 16.8. The quantitative estimate of drug-likeness (QED) is 0.664. The third-order valence-corrected chi connectivity index (χ3v) is 7.02. The van der Waals surface area contributed by atoms with Crippen molar-refractivity contribution in [2.75, 3.05) is 0 Å². The first-order valence-corrected chi connectivity index (χ1v) is 10.1. The van der Waals surface area contributed by atoms with Crippen molar-refractivity contribution < 1.29 is 5.11 Å². The third-order valence-electron chi connectivity index (χ3n) is 4.51. The zero-order valence-electron chi connectivity index (χ0n) is 14.4. The Kier molecular flexibility index (Phi) is 5.48. The van der Waals surface area contributed by atoms with E-state index in [1.54, 1.807) is 0 Å². The fourth-order valence-corrected chi connectivity index (χ4v) is 5.74. The lowest BCUT2D eigenvalue weighted by atomic mass is 9.94. The predicted molar refractivity (Wildman–Crippen MR) is 110 cm³/mol. The van der Waals surface area contributed by atoms with Crippen LogP contribution in [0.3, 0.4) is 0 Å². The summed E-state index contributed by atoms with van der Waals surface area (Å²) in [4.78, 5) is 0. The van der Waals surface area contributed by atoms with Gasteiger partial charge in [0.05, 0.1) is 6.10 Å². The van der Waals surface area contributed by atoms with Gasteiger partial charge in [-0.05, 0) is 43.4 Å². The van der Waals surface area contributed by atoms with Crippen molar-refractivity contribution in [2.45, 2.75) is 6.10 Å². The number of hydrogen-bond donors (Lipinski definition) is 1. The lowest BCUT2D eigenvalue weighted by molar-refractivity contribution is 0.199. The maximum Gasteiger partial charge on any atom is 0.0865 e. The highest BCUT2D eigenvalue weighted by Crippen LogP contribution is 2.58. The molecule has 1 aliphatic carbocycles. The standard InChI is InChI=1S/C24H20OP/c25-24(19-11-4-1-5-12-19)22-17-10-18-23(22)26(20-13-6-2-7-14-20)21-15-8-3-9-16-21/h1-18,24-25H. The van der Waals surface area contributed by atoms with Crippen molar-refractivity contribution in [1.29, 1.82) is 0 Å². The SMILES string of the molecule is OC([C]1[CH][CH][CH][C]1P(c1ccccc1)c1ccccc1)c1ccccc1. The van der Waals surface area contributed by atoms with E-state index in [-0.39, 0.29) is 0 Å². The van der Waals surface area contributed by atoms with Gasteiger partial charge in [0.1, 0.15) is 0 Å². The predicted octanol–water partition coefficient (Wildman–Crippen LogP) is 4.59. The average molecular weight is 355 g/mol. The summed E-state index contributed by atoms with van der Waals surface area (Å²) in [5.74, 6) is 0.995. The molecule has 127 valence electrons. The lowest BCUT2D eigenvalue weighted by Gasteiger charge is -2.31. The molecule has 1 fully saturated rings. The molecule has 0 aromatic heterocycles. The minimum absolute atomic E-state index is 0.612. The summed E-state index contributed by atoms with van der Waals surface area (Å²) in [6.07, 6.45) is 5.65. The first-order chi connectivity index (χ1) is 12.8. The summed E-state index contributed by atoms with van der Waals surface area (Å²) in [7, 11) is -0.713. The fourth-order valence-electron chi connectivity index (χ4n) is 3.26. The zero-order chi connectivity index (χ0) is 17.8. The molecule has 0 amide bonds. The van der Waals surface area contributed by atoms with E-state index in [2.05, 4.69) is 61.4 Å². The molecule has 1 saturated carbocycles. The Morgan fingerprint density at radius 1 is 0.615 bits per heavy atom. The van der Waals surface area contributed by atoms with Crippen LogP contribution in [0.1, 0.15) is 11.7 Å². The summed E-state index contributed by atoms with van der Waals surface area (Å²) in [5, 5.41) is 13.6. The van der Waals surface area contributed by atoms with Gasteiger partial charge < -0.3 is 5.11 Å². The topological polar surface area (TPSA) is 20.2 Å². The van der Waals surface area contributed by atoms with Gasteiger partial charge in [-0.25, -0.2) is 0 Å². The van der Waals surface area contributed by atoms with Crippen LogP contribution >= 0.6 is 7.92 Å². The van der Waals surface area contributed by atoms with Gasteiger partial charge in [0.2, 0.25) is 0 Å². The van der Waals surface area contributed by atoms with Gasteiger partial charge in [-0.3, -0.25) is 0 Å². The Hall–Kier alpha value is -1.95. The molecule has 0 heterocycles. The van der Waals surface area contributed by atoms with Crippen LogP contribution in [0.15, 0.2) is 91.0 Å². The van der Waals surface area contributed by atoms with E-state index in [4.69, 9.17) is 0 Å². The minimum Gasteiger partial charge on any atom is -0.388 e. The molecule has 1 nitrogen and oxygen atoms in total. The number of hydrogen-bond acceptors (Lipinski definition) is 1. The van der Waals surface area contributed by atoms with Crippen LogP contribution in [-0.2, 0) is 0 Å². The molecule has 4 rings (SSSR count). The number of aliphatic hydroxyl groups excluding tert-OH is 1. The summed E-state index contributed by atoms with van der Waals surface area (Å²) >= 11 is 0. The first-order valence-electron chi connectivity index (χ1n) is 8.73. The number of benzene rings is 3. The fraction of sp³-hybridized carbons (Fsp3) is 0.0417. The van der Waals surface area contributed by atoms with Gasteiger partial charge in [0.15, 0.2) is 0 Å². The van der Waals surface area contributed by atoms with Crippen molar-refractivity contribution in [1.82, 2.24) is 0 Å². The van der Waals surface area contributed by atoms with E-state index < -0.39 is 14.0 Å². The van der Waals surface area contributed by atoms with Crippen LogP contribution in [0.25, 0.3) is 0 Å². The van der Waals surface area contributed by atoms with Crippen molar-refractivity contribution in [3.8, 4) is 0 Å². The molecule has 0 aliphatic heterocycles. The Balaban J connectivity index is 1.71. The Bertz CT molecular complexity index is 764. The molecule has 0 saturated heterocycles. The van der Waals surface area contributed by atoms with Crippen molar-refractivity contribution in [2.24, 2.45) is 0 Å². The van der Waals surface area contributed by atoms with Gasteiger partial charge in [-0.1, -0.05) is 91.0 Å². The highest BCUT2D eigenvalue weighted by Gasteiger charge is 2.41. The second-order valence-corrected chi connectivity index (χ2v) is 8.37. The van der Waals surface area contributed by atoms with E-state index in [0.717, 1.165) is 11.5 Å². The van der Waals surface area contributed by atoms with E-state index in [1.165, 1.54) is 16.3 Å². The average Bonchev–Trinajstić information content (AvgIpc) is 3.19. The van der Waals surface area contributed by atoms with Crippen molar-refractivity contribution in [3.63, 3.8) is 0 Å².